The molecule has 13 heteroatoms. The number of rotatable bonds is 7. The van der Waals surface area contributed by atoms with Gasteiger partial charge in [0.05, 0.1) is 31.4 Å². The van der Waals surface area contributed by atoms with Gasteiger partial charge >= 0.3 is 0 Å². The number of amides is 2. The first-order valence-corrected chi connectivity index (χ1v) is 9.09. The van der Waals surface area contributed by atoms with Gasteiger partial charge in [-0.25, -0.2) is 9.71 Å². The highest BCUT2D eigenvalue weighted by molar-refractivity contribution is 7.92. The second kappa shape index (κ2) is 8.04. The Labute approximate surface area is 160 Å². The predicted molar refractivity (Wildman–Crippen MR) is 96.7 cm³/mol. The molecule has 0 aliphatic heterocycles. The van der Waals surface area contributed by atoms with Crippen LogP contribution in [0.1, 0.15) is 20.7 Å². The Hall–Kier alpha value is -3.48. The number of sulfonamides is 1. The van der Waals surface area contributed by atoms with Gasteiger partial charge in [-0.1, -0.05) is 0 Å². The van der Waals surface area contributed by atoms with Crippen LogP contribution in [0.4, 0.5) is 5.95 Å². The largest absolute Gasteiger partial charge is 0.481 e. The number of ether oxygens (including phenoxy) is 2. The summed E-state index contributed by atoms with van der Waals surface area (Å²) in [6.45, 7) is 0. The van der Waals surface area contributed by atoms with E-state index in [1.54, 1.807) is 0 Å². The molecule has 2 rings (SSSR count). The molecule has 12 nitrogen and oxygen atoms in total. The molecule has 150 valence electrons. The van der Waals surface area contributed by atoms with Crippen LogP contribution in [0.5, 0.6) is 11.8 Å². The third-order valence-corrected chi connectivity index (χ3v) is 4.65. The van der Waals surface area contributed by atoms with Gasteiger partial charge in [-0.2, -0.15) is 18.4 Å². The molecule has 0 spiro atoms. The average Bonchev–Trinajstić information content (AvgIpc) is 2.65. The lowest BCUT2D eigenvalue weighted by atomic mass is 10.1. The number of carbonyl (C=O) groups excluding carboxylic acids is 2. The summed E-state index contributed by atoms with van der Waals surface area (Å²) in [4.78, 5) is 36.8. The van der Waals surface area contributed by atoms with Crippen LogP contribution in [-0.2, 0) is 10.0 Å². The van der Waals surface area contributed by atoms with Crippen LogP contribution in [0.3, 0.4) is 0 Å². The van der Waals surface area contributed by atoms with Gasteiger partial charge in [0.2, 0.25) is 23.6 Å². The maximum absolute atomic E-state index is 12.9. The fraction of sp³-hybridized carbons (Fsp3) is 0.267. The van der Waals surface area contributed by atoms with Gasteiger partial charge in [-0.05, 0) is 6.07 Å². The molecule has 3 N–H and O–H groups in total. The monoisotopic (exact) mass is 410 g/mol. The topological polar surface area (TPSA) is 167 Å². The molecule has 0 radical (unpaired) electrons. The highest BCUT2D eigenvalue weighted by Crippen LogP contribution is 2.23. The number of nitrogens with zero attached hydrogens (tertiary/aromatic N) is 4. The summed E-state index contributed by atoms with van der Waals surface area (Å²) in [5.74, 6) is -2.07. The number of hydrogen-bond acceptors (Lipinski definition) is 9. The van der Waals surface area contributed by atoms with Crippen LogP contribution in [0.2, 0.25) is 0 Å². The van der Waals surface area contributed by atoms with Crippen molar-refractivity contribution in [2.24, 2.45) is 5.73 Å². The highest BCUT2D eigenvalue weighted by Gasteiger charge is 2.30. The first-order chi connectivity index (χ1) is 13.1. The molecule has 0 aromatic carbocycles. The minimum Gasteiger partial charge on any atom is -0.481 e. The molecule has 0 saturated carbocycles. The van der Waals surface area contributed by atoms with Gasteiger partial charge in [-0.15, -0.1) is 0 Å². The van der Waals surface area contributed by atoms with E-state index in [4.69, 9.17) is 15.2 Å². The normalized spacial score (nSPS) is 10.9. The lowest BCUT2D eigenvalue weighted by Crippen LogP contribution is -2.30. The summed E-state index contributed by atoms with van der Waals surface area (Å²) in [6, 6.07) is 2.49. The van der Waals surface area contributed by atoms with Crippen LogP contribution >= 0.6 is 0 Å². The average molecular weight is 410 g/mol. The van der Waals surface area contributed by atoms with E-state index in [1.807, 2.05) is 0 Å². The molecule has 2 amide bonds. The van der Waals surface area contributed by atoms with Gasteiger partial charge in [0.1, 0.15) is 0 Å². The third-order valence-electron chi connectivity index (χ3n) is 3.38. The van der Waals surface area contributed by atoms with Crippen LogP contribution in [0, 0.1) is 0 Å². The Kier molecular flexibility index (Phi) is 5.98. The maximum Gasteiger partial charge on any atom is 0.282 e. The van der Waals surface area contributed by atoms with Crippen molar-refractivity contribution in [1.82, 2.24) is 19.9 Å². The molecule has 0 atom stereocenters. The summed E-state index contributed by atoms with van der Waals surface area (Å²) in [7, 11) is 0.947. The number of anilines is 1. The number of aromatic nitrogens is 3. The van der Waals surface area contributed by atoms with E-state index in [-0.39, 0.29) is 23.3 Å². The van der Waals surface area contributed by atoms with Crippen molar-refractivity contribution < 1.29 is 27.5 Å². The van der Waals surface area contributed by atoms with Crippen LogP contribution < -0.4 is 19.9 Å². The van der Waals surface area contributed by atoms with E-state index in [1.165, 1.54) is 34.4 Å². The Bertz CT molecular complexity index is 1000. The van der Waals surface area contributed by atoms with Crippen molar-refractivity contribution in [3.63, 3.8) is 0 Å². The lowest BCUT2D eigenvalue weighted by molar-refractivity contribution is 0.0816. The summed E-state index contributed by atoms with van der Waals surface area (Å²) in [5, 5.41) is -0.701. The van der Waals surface area contributed by atoms with Gasteiger partial charge in [0.25, 0.3) is 15.9 Å². The fourth-order valence-corrected chi connectivity index (χ4v) is 3.20. The summed E-state index contributed by atoms with van der Waals surface area (Å²) in [6.07, 6.45) is 1.05. The number of nitrogens with two attached hydrogens (primary N) is 1. The molecule has 0 unspecified atom stereocenters. The quantitative estimate of drug-likeness (QED) is 0.611. The van der Waals surface area contributed by atoms with E-state index in [0.29, 0.717) is 0 Å². The van der Waals surface area contributed by atoms with E-state index in [0.717, 1.165) is 17.2 Å². The van der Waals surface area contributed by atoms with Crippen LogP contribution in [0.15, 0.2) is 23.4 Å². The fourth-order valence-electron chi connectivity index (χ4n) is 2.11. The number of carbonyl (C=O) groups is 2. The third kappa shape index (κ3) is 4.25. The lowest BCUT2D eigenvalue weighted by Gasteiger charge is -2.16. The molecule has 0 saturated heterocycles. The SMILES string of the molecule is COc1cc(OC)nc(NS(=O)(=O)c2nccc(C(N)=O)c2C(=O)N(C)C)n1. The standard InChI is InChI=1S/C15H18N6O6S/c1-21(2)14(23)11-8(12(16)22)5-6-17-13(11)28(24,25)20-15-18-9(26-3)7-10(19-15)27-4/h5-7H,1-4H3,(H2,16,22)(H,18,19,20). The van der Waals surface area contributed by atoms with E-state index in [2.05, 4.69) is 19.7 Å². The Balaban J connectivity index is 2.62. The Morgan fingerprint density at radius 1 is 1.14 bits per heavy atom. The molecule has 2 aromatic rings. The number of hydrogen-bond donors (Lipinski definition) is 2. The van der Waals surface area contributed by atoms with Gasteiger partial charge in [0.15, 0.2) is 5.03 Å². The molecule has 0 aliphatic rings. The number of primary amides is 1. The number of pyridine rings is 1. The van der Waals surface area contributed by atoms with Crippen molar-refractivity contribution in [2.75, 3.05) is 33.0 Å². The number of methoxy groups -OCH3 is 2. The maximum atomic E-state index is 12.9. The van der Waals surface area contributed by atoms with E-state index < -0.39 is 32.4 Å². The highest BCUT2D eigenvalue weighted by atomic mass is 32.2. The van der Waals surface area contributed by atoms with Crippen molar-refractivity contribution >= 4 is 27.8 Å². The summed E-state index contributed by atoms with van der Waals surface area (Å²) in [5.41, 5.74) is 4.52. The second-order valence-corrected chi connectivity index (χ2v) is 7.08. The zero-order valence-electron chi connectivity index (χ0n) is 15.5. The zero-order valence-corrected chi connectivity index (χ0v) is 16.3. The molecule has 28 heavy (non-hydrogen) atoms. The Morgan fingerprint density at radius 3 is 2.18 bits per heavy atom. The first-order valence-electron chi connectivity index (χ1n) is 7.61. The molecular formula is C15H18N6O6S. The van der Waals surface area contributed by atoms with Gasteiger partial charge < -0.3 is 20.1 Å². The molecule has 0 bridgehead atoms. The van der Waals surface area contributed by atoms with E-state index >= 15 is 0 Å². The molecule has 0 aliphatic carbocycles. The Morgan fingerprint density at radius 2 is 1.71 bits per heavy atom. The molecular weight excluding hydrogens is 392 g/mol. The van der Waals surface area contributed by atoms with Crippen molar-refractivity contribution in [2.45, 2.75) is 5.03 Å². The van der Waals surface area contributed by atoms with Crippen LogP contribution in [0.25, 0.3) is 0 Å². The molecule has 2 heterocycles. The minimum atomic E-state index is -4.48. The number of nitrogens with one attached hydrogen (secondary N) is 1. The minimum absolute atomic E-state index is 0.0352. The summed E-state index contributed by atoms with van der Waals surface area (Å²) >= 11 is 0. The van der Waals surface area contributed by atoms with Crippen molar-refractivity contribution in [3.05, 3.63) is 29.5 Å². The van der Waals surface area contributed by atoms with Crippen LogP contribution in [-0.4, -0.2) is 68.4 Å². The first kappa shape index (κ1) is 20.8. The predicted octanol–water partition coefficient (Wildman–Crippen LogP) is -0.510. The van der Waals surface area contributed by atoms with E-state index in [9.17, 15) is 18.0 Å². The molecule has 0 fully saturated rings. The summed E-state index contributed by atoms with van der Waals surface area (Å²) < 4.78 is 37.7. The van der Waals surface area contributed by atoms with Crippen molar-refractivity contribution in [1.29, 1.82) is 0 Å². The smallest absolute Gasteiger partial charge is 0.282 e. The van der Waals surface area contributed by atoms with Gasteiger partial charge in [0, 0.05) is 20.3 Å². The molecule has 2 aromatic heterocycles. The van der Waals surface area contributed by atoms with Gasteiger partial charge in [-0.3, -0.25) is 9.59 Å². The second-order valence-electron chi connectivity index (χ2n) is 5.48. The van der Waals surface area contributed by atoms with Crippen molar-refractivity contribution in [3.8, 4) is 11.8 Å². The zero-order chi connectivity index (χ0) is 21.1.